The van der Waals surface area contributed by atoms with Crippen LogP contribution in [-0.4, -0.2) is 31.5 Å². The molecule has 0 spiro atoms. The minimum Gasteiger partial charge on any atom is -0.481 e. The van der Waals surface area contributed by atoms with E-state index in [1.165, 1.54) is 19.3 Å². The predicted octanol–water partition coefficient (Wildman–Crippen LogP) is 6.77. The summed E-state index contributed by atoms with van der Waals surface area (Å²) in [7, 11) is -2.14. The van der Waals surface area contributed by atoms with Crippen molar-refractivity contribution >= 4 is 14.3 Å². The van der Waals surface area contributed by atoms with Crippen molar-refractivity contribution in [2.45, 2.75) is 110 Å². The summed E-state index contributed by atoms with van der Waals surface area (Å²) in [5.41, 5.74) is 9.22. The molecule has 0 amide bonds. The number of azide groups is 1. The molecule has 0 aromatic carbocycles. The quantitative estimate of drug-likeness (QED) is 0.186. The lowest BCUT2D eigenvalue weighted by Crippen LogP contribution is -2.48. The third kappa shape index (κ3) is 7.41. The number of carbonyl (C=O) groups is 1. The van der Waals surface area contributed by atoms with Crippen molar-refractivity contribution in [1.29, 1.82) is 0 Å². The second-order valence-corrected chi connectivity index (χ2v) is 15.1. The van der Waals surface area contributed by atoms with Crippen LogP contribution in [0.4, 0.5) is 0 Å². The molecular weight excluding hydrogens is 370 g/mol. The van der Waals surface area contributed by atoms with Gasteiger partial charge >= 0.3 is 5.97 Å². The van der Waals surface area contributed by atoms with E-state index in [1.807, 2.05) is 13.8 Å². The van der Waals surface area contributed by atoms with Crippen LogP contribution in [0.5, 0.6) is 0 Å². The Labute approximate surface area is 172 Å². The Hall–Kier alpha value is -1.04. The zero-order valence-electron chi connectivity index (χ0n) is 18.9. The maximum atomic E-state index is 11.9. The Morgan fingerprint density at radius 1 is 1.25 bits per heavy atom. The second kappa shape index (κ2) is 10.7. The van der Waals surface area contributed by atoms with Crippen LogP contribution in [0.3, 0.4) is 0 Å². The number of hydrogen-bond acceptors (Lipinski definition) is 3. The highest BCUT2D eigenvalue weighted by Crippen LogP contribution is 2.40. The van der Waals surface area contributed by atoms with Gasteiger partial charge < -0.3 is 9.53 Å². The van der Waals surface area contributed by atoms with Crippen molar-refractivity contribution in [2.75, 3.05) is 0 Å². The molecular formula is C21H41N3O3Si. The summed E-state index contributed by atoms with van der Waals surface area (Å²) in [6.07, 6.45) is 6.91. The molecule has 28 heavy (non-hydrogen) atoms. The summed E-state index contributed by atoms with van der Waals surface area (Å²) >= 11 is 0. The van der Waals surface area contributed by atoms with E-state index in [9.17, 15) is 15.4 Å². The molecule has 0 saturated heterocycles. The van der Waals surface area contributed by atoms with E-state index < -0.39 is 20.2 Å². The van der Waals surface area contributed by atoms with Gasteiger partial charge in [-0.05, 0) is 48.3 Å². The summed E-state index contributed by atoms with van der Waals surface area (Å²) < 4.78 is 6.70. The van der Waals surface area contributed by atoms with Crippen molar-refractivity contribution < 1.29 is 14.3 Å². The summed E-state index contributed by atoms with van der Waals surface area (Å²) in [5.74, 6) is -0.754. The van der Waals surface area contributed by atoms with Crippen LogP contribution in [0, 0.1) is 17.8 Å². The molecule has 7 heteroatoms. The monoisotopic (exact) mass is 411 g/mol. The fraction of sp³-hybridized carbons (Fsp3) is 0.952. The molecule has 1 fully saturated rings. The van der Waals surface area contributed by atoms with Gasteiger partial charge in [0.05, 0.1) is 18.1 Å². The van der Waals surface area contributed by atoms with Crippen LogP contribution >= 0.6 is 0 Å². The number of hydrogen-bond donors (Lipinski definition) is 1. The molecule has 0 aliphatic heterocycles. The molecule has 1 saturated carbocycles. The smallest absolute Gasteiger partial charge is 0.306 e. The SMILES string of the molecule is CC(C)[C@H](C[C@H](O[Si](C)(C)C(C)(C)C)[C@H](CC1CCCCC1)N=[N+]=[N-])C(=O)O. The Balaban J connectivity index is 3.15. The zero-order chi connectivity index (χ0) is 21.5. The van der Waals surface area contributed by atoms with E-state index in [0.717, 1.165) is 19.3 Å². The van der Waals surface area contributed by atoms with Crippen molar-refractivity contribution in [3.05, 3.63) is 10.4 Å². The zero-order valence-corrected chi connectivity index (χ0v) is 19.9. The highest BCUT2D eigenvalue weighted by Gasteiger charge is 2.42. The standard InChI is InChI=1S/C21H41N3O3Si/c1-15(2)17(20(25)26)14-19(27-28(6,7)21(3,4)5)18(23-24-22)13-16-11-9-8-10-12-16/h15-19H,8-14H2,1-7H3,(H,25,26)/t17-,18-,19-/m0/s1. The van der Waals surface area contributed by atoms with Crippen molar-refractivity contribution in [1.82, 2.24) is 0 Å². The summed E-state index contributed by atoms with van der Waals surface area (Å²) in [6, 6.07) is -0.303. The lowest BCUT2D eigenvalue weighted by Gasteiger charge is -2.42. The first-order valence-corrected chi connectivity index (χ1v) is 13.7. The topological polar surface area (TPSA) is 95.3 Å². The molecule has 1 N–H and O–H groups in total. The van der Waals surface area contributed by atoms with E-state index in [2.05, 4.69) is 43.9 Å². The third-order valence-corrected chi connectivity index (χ3v) is 11.3. The lowest BCUT2D eigenvalue weighted by atomic mass is 9.81. The fourth-order valence-electron chi connectivity index (χ4n) is 3.85. The van der Waals surface area contributed by atoms with E-state index in [0.29, 0.717) is 12.3 Å². The van der Waals surface area contributed by atoms with Gasteiger partial charge in [0, 0.05) is 4.91 Å². The van der Waals surface area contributed by atoms with Crippen LogP contribution in [-0.2, 0) is 9.22 Å². The average Bonchev–Trinajstić information content (AvgIpc) is 2.57. The van der Waals surface area contributed by atoms with Crippen molar-refractivity contribution in [2.24, 2.45) is 22.9 Å². The van der Waals surface area contributed by atoms with Gasteiger partial charge in [-0.2, -0.15) is 0 Å². The number of carboxylic acids is 1. The van der Waals surface area contributed by atoms with E-state index in [1.54, 1.807) is 0 Å². The Morgan fingerprint density at radius 3 is 2.25 bits per heavy atom. The predicted molar refractivity (Wildman–Crippen MR) is 117 cm³/mol. The van der Waals surface area contributed by atoms with E-state index >= 15 is 0 Å². The summed E-state index contributed by atoms with van der Waals surface area (Å²) in [6.45, 7) is 14.8. The van der Waals surface area contributed by atoms with Crippen LogP contribution in [0.15, 0.2) is 5.11 Å². The molecule has 0 heterocycles. The van der Waals surface area contributed by atoms with E-state index in [-0.39, 0.29) is 23.1 Å². The molecule has 3 atom stereocenters. The first-order chi connectivity index (χ1) is 12.9. The molecule has 0 radical (unpaired) electrons. The average molecular weight is 412 g/mol. The maximum Gasteiger partial charge on any atom is 0.306 e. The van der Waals surface area contributed by atoms with Crippen LogP contribution in [0.2, 0.25) is 18.1 Å². The lowest BCUT2D eigenvalue weighted by molar-refractivity contribution is -0.144. The van der Waals surface area contributed by atoms with Gasteiger partial charge in [-0.15, -0.1) is 0 Å². The number of carboxylic acid groups (broad SMARTS) is 1. The van der Waals surface area contributed by atoms with Gasteiger partial charge in [0.1, 0.15) is 0 Å². The number of rotatable bonds is 10. The molecule has 1 aliphatic rings. The Kier molecular flexibility index (Phi) is 9.51. The van der Waals surface area contributed by atoms with Crippen LogP contribution < -0.4 is 0 Å². The first-order valence-electron chi connectivity index (χ1n) is 10.8. The van der Waals surface area contributed by atoms with Gasteiger partial charge in [0.15, 0.2) is 8.32 Å². The normalized spacial score (nSPS) is 19.7. The van der Waals surface area contributed by atoms with Crippen LogP contribution in [0.25, 0.3) is 10.4 Å². The minimum absolute atomic E-state index is 0.00408. The van der Waals surface area contributed by atoms with Crippen molar-refractivity contribution in [3.63, 3.8) is 0 Å². The molecule has 0 unspecified atom stereocenters. The summed E-state index contributed by atoms with van der Waals surface area (Å²) in [5, 5.41) is 13.9. The van der Waals surface area contributed by atoms with Gasteiger partial charge in [-0.3, -0.25) is 4.79 Å². The Morgan fingerprint density at radius 2 is 1.82 bits per heavy atom. The molecule has 0 aromatic rings. The maximum absolute atomic E-state index is 11.9. The number of nitrogens with zero attached hydrogens (tertiary/aromatic N) is 3. The van der Waals surface area contributed by atoms with Crippen LogP contribution in [0.1, 0.15) is 79.6 Å². The highest BCUT2D eigenvalue weighted by atomic mass is 28.4. The second-order valence-electron chi connectivity index (χ2n) is 10.4. The van der Waals surface area contributed by atoms with Gasteiger partial charge in [-0.25, -0.2) is 0 Å². The Bertz CT molecular complexity index is 548. The highest BCUT2D eigenvalue weighted by molar-refractivity contribution is 6.74. The molecule has 0 bridgehead atoms. The minimum atomic E-state index is -2.14. The third-order valence-electron chi connectivity index (χ3n) is 6.79. The van der Waals surface area contributed by atoms with Gasteiger partial charge in [0.2, 0.25) is 0 Å². The number of aliphatic carboxylic acids is 1. The van der Waals surface area contributed by atoms with E-state index in [4.69, 9.17) is 4.43 Å². The first kappa shape index (κ1) is 25.0. The van der Waals surface area contributed by atoms with Gasteiger partial charge in [-0.1, -0.05) is 71.8 Å². The molecule has 1 aliphatic carbocycles. The molecule has 1 rings (SSSR count). The summed E-state index contributed by atoms with van der Waals surface area (Å²) in [4.78, 5) is 15.0. The molecule has 0 aromatic heterocycles. The molecule has 162 valence electrons. The molecule has 6 nitrogen and oxygen atoms in total. The van der Waals surface area contributed by atoms with Crippen molar-refractivity contribution in [3.8, 4) is 0 Å². The largest absolute Gasteiger partial charge is 0.481 e. The van der Waals surface area contributed by atoms with Gasteiger partial charge in [0.25, 0.3) is 0 Å². The fourth-order valence-corrected chi connectivity index (χ4v) is 5.22.